The Kier molecular flexibility index (Phi) is 18.8. The first-order chi connectivity index (χ1) is 30.2. The summed E-state index contributed by atoms with van der Waals surface area (Å²) in [6, 6.07) is 36.6. The zero-order valence-electron chi connectivity index (χ0n) is 33.6. The van der Waals surface area contributed by atoms with E-state index >= 15 is 0 Å². The number of phosphoric acid groups is 1. The molecule has 0 spiro atoms. The summed E-state index contributed by atoms with van der Waals surface area (Å²) in [6.45, 7) is -1.42. The molecule has 4 aromatic carbocycles. The number of unbranched alkanes of at least 4 members (excludes halogenated alkanes) is 1. The Labute approximate surface area is 358 Å². The molecule has 0 aliphatic carbocycles. The minimum Gasteiger partial charge on any atom is -0.461 e. The van der Waals surface area contributed by atoms with Crippen molar-refractivity contribution < 1.29 is 65.7 Å². The van der Waals surface area contributed by atoms with Gasteiger partial charge in [0, 0.05) is 13.0 Å². The molecule has 1 aliphatic heterocycles. The summed E-state index contributed by atoms with van der Waals surface area (Å²) in [4.78, 5) is 53.9. The largest absolute Gasteiger partial charge is 0.474 e. The molecule has 0 bridgehead atoms. The molecule has 0 N–H and O–H groups in total. The topological polar surface area (TPSA) is 216 Å². The second kappa shape index (κ2) is 24.9. The van der Waals surface area contributed by atoms with E-state index in [4.69, 9.17) is 52.5 Å². The Hall–Kier alpha value is -6.23. The normalized spacial score (nSPS) is 18.3. The molecule has 1 heterocycles. The van der Waals surface area contributed by atoms with Crippen molar-refractivity contribution in [1.29, 1.82) is 10.5 Å². The van der Waals surface area contributed by atoms with Crippen LogP contribution >= 0.6 is 7.82 Å². The van der Waals surface area contributed by atoms with E-state index in [1.54, 1.807) is 54.6 Å². The van der Waals surface area contributed by atoms with E-state index in [1.807, 2.05) is 42.5 Å². The lowest BCUT2D eigenvalue weighted by atomic mass is 9.97. The van der Waals surface area contributed by atoms with Gasteiger partial charge in [0.15, 0.2) is 24.6 Å². The molecule has 17 heteroatoms. The molecule has 1 saturated heterocycles. The lowest BCUT2D eigenvalue weighted by Crippen LogP contribution is -2.63. The predicted octanol–water partition coefficient (Wildman–Crippen LogP) is 7.30. The number of hydrogen-bond donors (Lipinski definition) is 0. The minimum atomic E-state index is -4.52. The van der Waals surface area contributed by atoms with Crippen LogP contribution in [-0.2, 0) is 58.0 Å². The zero-order valence-corrected chi connectivity index (χ0v) is 34.5. The van der Waals surface area contributed by atoms with Crippen LogP contribution in [0.15, 0.2) is 121 Å². The summed E-state index contributed by atoms with van der Waals surface area (Å²) in [6.07, 6.45) is -7.65. The van der Waals surface area contributed by atoms with Gasteiger partial charge in [0.1, 0.15) is 12.7 Å². The number of phosphoric ester groups is 1. The molecule has 1 fully saturated rings. The molecule has 4 aromatic rings. The van der Waals surface area contributed by atoms with Gasteiger partial charge in [0.05, 0.1) is 61.5 Å². The summed E-state index contributed by atoms with van der Waals surface area (Å²) in [5.41, 5.74) is 1.17. The predicted molar refractivity (Wildman–Crippen MR) is 218 cm³/mol. The summed E-state index contributed by atoms with van der Waals surface area (Å²) in [5.74, 6) is -3.07. The molecule has 16 nitrogen and oxygen atoms in total. The van der Waals surface area contributed by atoms with Gasteiger partial charge in [-0.3, -0.25) is 18.4 Å². The van der Waals surface area contributed by atoms with Gasteiger partial charge in [-0.2, -0.15) is 10.5 Å². The number of hydrogen-bond acceptors (Lipinski definition) is 16. The van der Waals surface area contributed by atoms with Crippen LogP contribution in [0.25, 0.3) is 0 Å². The number of ether oxygens (including phenoxy) is 6. The van der Waals surface area contributed by atoms with Crippen molar-refractivity contribution in [1.82, 2.24) is 0 Å². The van der Waals surface area contributed by atoms with E-state index < -0.39 is 69.0 Å². The Bertz CT molecular complexity index is 2140. The summed E-state index contributed by atoms with van der Waals surface area (Å²) < 4.78 is 66.2. The molecule has 0 aromatic heterocycles. The molecule has 3 unspecified atom stereocenters. The van der Waals surface area contributed by atoms with Crippen LogP contribution in [0.1, 0.15) is 68.7 Å². The molecular formula is C45H45N2O14P. The third-order valence-electron chi connectivity index (χ3n) is 8.97. The Morgan fingerprint density at radius 1 is 0.581 bits per heavy atom. The first-order valence-electron chi connectivity index (χ1n) is 19.7. The minimum absolute atomic E-state index is 0.0618. The third-order valence-corrected chi connectivity index (χ3v) is 10.4. The average Bonchev–Trinajstić information content (AvgIpc) is 3.30. The maximum absolute atomic E-state index is 13.8. The number of esters is 4. The van der Waals surface area contributed by atoms with Crippen molar-refractivity contribution in [2.75, 3.05) is 26.4 Å². The van der Waals surface area contributed by atoms with Crippen molar-refractivity contribution in [3.8, 4) is 12.1 Å². The van der Waals surface area contributed by atoms with Gasteiger partial charge in [0.25, 0.3) is 0 Å². The maximum atomic E-state index is 13.8. The first-order valence-corrected chi connectivity index (χ1v) is 21.2. The highest BCUT2D eigenvalue weighted by Crippen LogP contribution is 2.50. The second-order valence-corrected chi connectivity index (χ2v) is 15.1. The van der Waals surface area contributed by atoms with Gasteiger partial charge in [-0.05, 0) is 54.8 Å². The number of rotatable bonds is 23. The molecule has 0 saturated carbocycles. The van der Waals surface area contributed by atoms with Crippen molar-refractivity contribution in [3.05, 3.63) is 144 Å². The van der Waals surface area contributed by atoms with Crippen molar-refractivity contribution >= 4 is 31.7 Å². The van der Waals surface area contributed by atoms with Gasteiger partial charge < -0.3 is 28.4 Å². The molecule has 0 amide bonds. The molecule has 62 heavy (non-hydrogen) atoms. The highest BCUT2D eigenvalue weighted by Gasteiger charge is 2.54. The van der Waals surface area contributed by atoms with Gasteiger partial charge in [0.2, 0.25) is 0 Å². The van der Waals surface area contributed by atoms with Crippen LogP contribution in [0.2, 0.25) is 0 Å². The fourth-order valence-corrected chi connectivity index (χ4v) is 7.09. The van der Waals surface area contributed by atoms with Gasteiger partial charge in [-0.15, -0.1) is 0 Å². The molecule has 5 atom stereocenters. The van der Waals surface area contributed by atoms with Crippen LogP contribution in [0.4, 0.5) is 0 Å². The summed E-state index contributed by atoms with van der Waals surface area (Å²) >= 11 is 0. The van der Waals surface area contributed by atoms with Crippen molar-refractivity contribution in [2.45, 2.75) is 69.4 Å². The molecule has 1 aliphatic rings. The van der Waals surface area contributed by atoms with Crippen LogP contribution < -0.4 is 0 Å². The average molecular weight is 869 g/mol. The fourth-order valence-electron chi connectivity index (χ4n) is 5.91. The van der Waals surface area contributed by atoms with Crippen LogP contribution in [-0.4, -0.2) is 81.0 Å². The van der Waals surface area contributed by atoms with Gasteiger partial charge in [-0.1, -0.05) is 84.9 Å². The number of carbonyl (C=O) groups is 4. The van der Waals surface area contributed by atoms with Crippen molar-refractivity contribution in [3.63, 3.8) is 0 Å². The standard InChI is InChI=1S/C45H45N2O14P/c46-26-15-29-55-62(52,56-30-16-27-47)57-32-37-39(59-42(49)34-19-7-2-8-20-34)40(60-43(50)35-21-9-3-10-22-35)41(61-44(51)36-23-11-4-12-24-36)45(58-37)53-28-14-13-25-38(48)54-31-33-17-5-1-6-18-33/h1-12,17-24,37,39-41,45H,13-16,25,28-32H2/t37?,39-,40?,41?,45+/m1/s1. The number of benzene rings is 4. The maximum Gasteiger partial charge on any atom is 0.474 e. The Morgan fingerprint density at radius 3 is 1.55 bits per heavy atom. The van der Waals surface area contributed by atoms with Crippen LogP contribution in [0, 0.1) is 22.7 Å². The highest BCUT2D eigenvalue weighted by atomic mass is 31.2. The van der Waals surface area contributed by atoms with Gasteiger partial charge in [-0.25, -0.2) is 18.9 Å². The van der Waals surface area contributed by atoms with E-state index in [2.05, 4.69) is 0 Å². The third kappa shape index (κ3) is 14.7. The van der Waals surface area contributed by atoms with Gasteiger partial charge >= 0.3 is 31.7 Å². The summed E-state index contributed by atoms with van der Waals surface area (Å²) in [5, 5.41) is 18.1. The van der Waals surface area contributed by atoms with E-state index in [-0.39, 0.29) is 68.8 Å². The monoisotopic (exact) mass is 868 g/mol. The lowest BCUT2D eigenvalue weighted by Gasteiger charge is -2.44. The SMILES string of the molecule is N#CCCOP(=O)(OCCC#N)OCC1O[C@H](OCCCCC(=O)OCc2ccccc2)C(OC(=O)c2ccccc2)C(OC(=O)c2ccccc2)[C@@H]1OC(=O)c1ccccc1. The number of nitriles is 2. The van der Waals surface area contributed by atoms with E-state index in [9.17, 15) is 23.7 Å². The lowest BCUT2D eigenvalue weighted by molar-refractivity contribution is -0.298. The quantitative estimate of drug-likeness (QED) is 0.0309. The zero-order chi connectivity index (χ0) is 44.0. The Morgan fingerprint density at radius 2 is 1.05 bits per heavy atom. The van der Waals surface area contributed by atoms with E-state index in [0.717, 1.165) is 5.56 Å². The second-order valence-electron chi connectivity index (χ2n) is 13.5. The molecule has 5 rings (SSSR count). The smallest absolute Gasteiger partial charge is 0.461 e. The van der Waals surface area contributed by atoms with Crippen LogP contribution in [0.3, 0.4) is 0 Å². The first kappa shape index (κ1) is 46.8. The highest BCUT2D eigenvalue weighted by molar-refractivity contribution is 7.48. The summed E-state index contributed by atoms with van der Waals surface area (Å²) in [7, 11) is -4.52. The number of carbonyl (C=O) groups excluding carboxylic acids is 4. The van der Waals surface area contributed by atoms with Crippen molar-refractivity contribution in [2.24, 2.45) is 0 Å². The molecule has 324 valence electrons. The Balaban J connectivity index is 1.46. The number of nitrogens with zero attached hydrogens (tertiary/aromatic N) is 2. The fraction of sp³-hybridized carbons (Fsp3) is 0.333. The van der Waals surface area contributed by atoms with E-state index in [0.29, 0.717) is 6.42 Å². The molecule has 0 radical (unpaired) electrons. The van der Waals surface area contributed by atoms with Crippen LogP contribution in [0.5, 0.6) is 0 Å². The van der Waals surface area contributed by atoms with E-state index in [1.165, 1.54) is 36.4 Å². The molecular weight excluding hydrogens is 823 g/mol.